The zero-order valence-corrected chi connectivity index (χ0v) is 14.1. The molecule has 104 valence electrons. The summed E-state index contributed by atoms with van der Waals surface area (Å²) < 4.78 is 11.4. The molecular formula is C12H27O2PS2. The summed E-state index contributed by atoms with van der Waals surface area (Å²) in [5.41, 5.74) is -2.33. The maximum Gasteiger partial charge on any atom is 0.244 e. The van der Waals surface area contributed by atoms with Crippen LogP contribution in [0.15, 0.2) is 0 Å². The lowest BCUT2D eigenvalue weighted by Gasteiger charge is -2.22. The van der Waals surface area contributed by atoms with Gasteiger partial charge in [0.1, 0.15) is 0 Å². The van der Waals surface area contributed by atoms with E-state index in [4.69, 9.17) is 20.9 Å². The smallest absolute Gasteiger partial charge is 0.244 e. The van der Waals surface area contributed by atoms with Crippen molar-refractivity contribution >= 4 is 29.7 Å². The Labute approximate surface area is 117 Å². The fraction of sp³-hybridized carbons (Fsp3) is 1.00. The predicted octanol–water partition coefficient (Wildman–Crippen LogP) is 5.05. The third-order valence-electron chi connectivity index (χ3n) is 3.26. The second-order valence-corrected chi connectivity index (χ2v) is 9.71. The van der Waals surface area contributed by atoms with E-state index in [1.54, 1.807) is 0 Å². The maximum absolute atomic E-state index is 5.68. The molecule has 0 unspecified atom stereocenters. The van der Waals surface area contributed by atoms with E-state index in [2.05, 4.69) is 39.9 Å². The molecule has 0 radical (unpaired) electrons. The second-order valence-electron chi connectivity index (χ2n) is 4.43. The number of rotatable bonds is 10. The molecule has 0 amide bonds. The Morgan fingerprint density at radius 2 is 1.18 bits per heavy atom. The van der Waals surface area contributed by atoms with E-state index in [1.807, 2.05) is 0 Å². The van der Waals surface area contributed by atoms with Gasteiger partial charge in [0.05, 0.1) is 13.2 Å². The van der Waals surface area contributed by atoms with Gasteiger partial charge < -0.3 is 9.05 Å². The molecule has 0 aromatic rings. The molecule has 0 saturated heterocycles. The standard InChI is InChI=1S/C12H27O2PS2/c1-5-11(6-2)9-13-15(16,17)14-10-12(7-3)8-4/h11-12H,5-10H2,1-4H3,(H,16,17). The molecule has 0 aliphatic rings. The van der Waals surface area contributed by atoms with Gasteiger partial charge in [-0.3, -0.25) is 0 Å². The third-order valence-corrected chi connectivity index (χ3v) is 5.53. The van der Waals surface area contributed by atoms with Crippen LogP contribution >= 0.6 is 17.9 Å². The van der Waals surface area contributed by atoms with E-state index in [-0.39, 0.29) is 0 Å². The summed E-state index contributed by atoms with van der Waals surface area (Å²) in [6.07, 6.45) is 4.47. The number of hydrogen-bond acceptors (Lipinski definition) is 3. The highest BCUT2D eigenvalue weighted by molar-refractivity contribution is 8.60. The summed E-state index contributed by atoms with van der Waals surface area (Å²) in [5.74, 6) is 1.14. The normalized spacial score (nSPS) is 12.6. The molecule has 0 aliphatic heterocycles. The fourth-order valence-corrected chi connectivity index (χ4v) is 3.12. The highest BCUT2D eigenvalue weighted by atomic mass is 32.9. The average Bonchev–Trinajstić information content (AvgIpc) is 2.31. The maximum atomic E-state index is 5.68. The zero-order chi connectivity index (χ0) is 13.3. The molecule has 0 fully saturated rings. The fourth-order valence-electron chi connectivity index (χ4n) is 1.49. The highest BCUT2D eigenvalue weighted by Gasteiger charge is 2.17. The molecule has 0 atom stereocenters. The first-order chi connectivity index (χ1) is 7.99. The van der Waals surface area contributed by atoms with Crippen molar-refractivity contribution in [3.63, 3.8) is 0 Å². The summed E-state index contributed by atoms with van der Waals surface area (Å²) in [7, 11) is 0. The molecule has 0 aromatic carbocycles. The van der Waals surface area contributed by atoms with Crippen LogP contribution in [0.5, 0.6) is 0 Å². The lowest BCUT2D eigenvalue weighted by molar-refractivity contribution is 0.194. The van der Waals surface area contributed by atoms with Crippen molar-refractivity contribution in [3.05, 3.63) is 0 Å². The molecule has 0 aliphatic carbocycles. The van der Waals surface area contributed by atoms with Gasteiger partial charge in [-0.2, -0.15) is 0 Å². The van der Waals surface area contributed by atoms with Crippen LogP contribution in [0.25, 0.3) is 0 Å². The Hall–Kier alpha value is 0.920. The predicted molar refractivity (Wildman–Crippen MR) is 83.3 cm³/mol. The first-order valence-corrected chi connectivity index (χ1v) is 10.4. The van der Waals surface area contributed by atoms with Crippen LogP contribution in [0.2, 0.25) is 0 Å². The van der Waals surface area contributed by atoms with Gasteiger partial charge >= 0.3 is 0 Å². The van der Waals surface area contributed by atoms with Gasteiger partial charge in [-0.05, 0) is 23.6 Å². The average molecular weight is 298 g/mol. The Bertz CT molecular complexity index is 209. The summed E-state index contributed by atoms with van der Waals surface area (Å²) in [5, 5.41) is 0. The molecule has 2 nitrogen and oxygen atoms in total. The van der Waals surface area contributed by atoms with Crippen LogP contribution in [0.4, 0.5) is 0 Å². The van der Waals surface area contributed by atoms with Crippen molar-refractivity contribution in [2.24, 2.45) is 11.8 Å². The van der Waals surface area contributed by atoms with Crippen molar-refractivity contribution in [2.45, 2.75) is 53.4 Å². The molecule has 5 heteroatoms. The Balaban J connectivity index is 3.98. The Kier molecular flexibility index (Phi) is 10.3. The largest absolute Gasteiger partial charge is 0.322 e. The number of thiol groups is 1. The van der Waals surface area contributed by atoms with Crippen LogP contribution in [0.3, 0.4) is 0 Å². The van der Waals surface area contributed by atoms with E-state index >= 15 is 0 Å². The van der Waals surface area contributed by atoms with Gasteiger partial charge in [-0.15, -0.1) is 0 Å². The van der Waals surface area contributed by atoms with Gasteiger partial charge in [0, 0.05) is 0 Å². The molecule has 0 rings (SSSR count). The molecular weight excluding hydrogens is 271 g/mol. The van der Waals surface area contributed by atoms with Crippen LogP contribution < -0.4 is 0 Å². The molecule has 0 N–H and O–H groups in total. The van der Waals surface area contributed by atoms with E-state index in [0.29, 0.717) is 25.0 Å². The minimum atomic E-state index is -2.33. The molecule has 17 heavy (non-hydrogen) atoms. The summed E-state index contributed by atoms with van der Waals surface area (Å²) >= 11 is 9.68. The van der Waals surface area contributed by atoms with Crippen LogP contribution in [0, 0.1) is 11.8 Å². The van der Waals surface area contributed by atoms with Crippen LogP contribution in [0.1, 0.15) is 53.4 Å². The topological polar surface area (TPSA) is 18.5 Å². The lowest BCUT2D eigenvalue weighted by atomic mass is 10.1. The molecule has 0 bridgehead atoms. The van der Waals surface area contributed by atoms with Gasteiger partial charge in [0.2, 0.25) is 5.69 Å². The van der Waals surface area contributed by atoms with E-state index in [1.165, 1.54) is 0 Å². The molecule has 0 spiro atoms. The van der Waals surface area contributed by atoms with E-state index in [9.17, 15) is 0 Å². The van der Waals surface area contributed by atoms with Gasteiger partial charge in [-0.25, -0.2) is 0 Å². The summed E-state index contributed by atoms with van der Waals surface area (Å²) in [6, 6.07) is 0. The van der Waals surface area contributed by atoms with Crippen molar-refractivity contribution in [1.82, 2.24) is 0 Å². The minimum Gasteiger partial charge on any atom is -0.322 e. The van der Waals surface area contributed by atoms with E-state index in [0.717, 1.165) is 25.7 Å². The van der Waals surface area contributed by atoms with Crippen LogP contribution in [-0.4, -0.2) is 13.2 Å². The first-order valence-electron chi connectivity index (χ1n) is 6.60. The Morgan fingerprint density at radius 1 is 0.882 bits per heavy atom. The van der Waals surface area contributed by atoms with Crippen molar-refractivity contribution in [3.8, 4) is 0 Å². The Morgan fingerprint density at radius 3 is 1.41 bits per heavy atom. The number of hydrogen-bond donors (Lipinski definition) is 1. The minimum absolute atomic E-state index is 0.571. The molecule has 0 saturated carbocycles. The van der Waals surface area contributed by atoms with E-state index < -0.39 is 5.69 Å². The first kappa shape index (κ1) is 17.9. The third kappa shape index (κ3) is 8.61. The van der Waals surface area contributed by atoms with Crippen molar-refractivity contribution in [2.75, 3.05) is 13.2 Å². The zero-order valence-electron chi connectivity index (χ0n) is 11.5. The van der Waals surface area contributed by atoms with Gasteiger partial charge in [0.15, 0.2) is 0 Å². The lowest BCUT2D eigenvalue weighted by Crippen LogP contribution is -2.09. The second kappa shape index (κ2) is 9.80. The van der Waals surface area contributed by atoms with Crippen LogP contribution in [-0.2, 0) is 20.9 Å². The van der Waals surface area contributed by atoms with Gasteiger partial charge in [0.25, 0.3) is 0 Å². The monoisotopic (exact) mass is 298 g/mol. The quantitative estimate of drug-likeness (QED) is 0.450. The molecule has 0 heterocycles. The summed E-state index contributed by atoms with van der Waals surface area (Å²) in [6.45, 7) is 10.0. The highest BCUT2D eigenvalue weighted by Crippen LogP contribution is 2.54. The van der Waals surface area contributed by atoms with Crippen molar-refractivity contribution in [1.29, 1.82) is 0 Å². The SMILES string of the molecule is CCC(CC)COP(=S)(S)OCC(CC)CC. The summed E-state index contributed by atoms with van der Waals surface area (Å²) in [4.78, 5) is 0. The van der Waals surface area contributed by atoms with Gasteiger partial charge in [-0.1, -0.05) is 65.6 Å². The molecule has 0 aromatic heterocycles. The van der Waals surface area contributed by atoms with Crippen molar-refractivity contribution < 1.29 is 9.05 Å².